The number of para-hydroxylation sites is 1. The van der Waals surface area contributed by atoms with Crippen LogP contribution < -0.4 is 4.90 Å². The Morgan fingerprint density at radius 1 is 0.245 bits per heavy atom. The van der Waals surface area contributed by atoms with Crippen molar-refractivity contribution in [3.05, 3.63) is 224 Å². The van der Waals surface area contributed by atoms with Crippen molar-refractivity contribution in [3.63, 3.8) is 0 Å². The van der Waals surface area contributed by atoms with Crippen molar-refractivity contribution >= 4 is 27.8 Å². The second-order valence-electron chi connectivity index (χ2n) is 13.3. The molecule has 0 saturated carbocycles. The average Bonchev–Trinajstić information content (AvgIpc) is 3.25. The van der Waals surface area contributed by atoms with Gasteiger partial charge in [-0.05, 0) is 97.2 Å². The van der Waals surface area contributed by atoms with Crippen LogP contribution in [0.4, 0.5) is 17.1 Å². The van der Waals surface area contributed by atoms with E-state index in [0.717, 1.165) is 17.1 Å². The van der Waals surface area contributed by atoms with Crippen LogP contribution in [0.2, 0.25) is 0 Å². The van der Waals surface area contributed by atoms with E-state index in [9.17, 15) is 0 Å². The lowest BCUT2D eigenvalue weighted by Crippen LogP contribution is -2.11. The highest BCUT2D eigenvalue weighted by molar-refractivity contribution is 5.98. The quantitative estimate of drug-likeness (QED) is 0.155. The van der Waals surface area contributed by atoms with Gasteiger partial charge in [0.25, 0.3) is 0 Å². The molecule has 0 saturated heterocycles. The number of hydrogen-bond acceptors (Lipinski definition) is 1. The van der Waals surface area contributed by atoms with Crippen molar-refractivity contribution in [1.29, 1.82) is 0 Å². The molecule has 1 heteroatoms. The van der Waals surface area contributed by atoms with Crippen LogP contribution in [0.5, 0.6) is 0 Å². The zero-order valence-corrected chi connectivity index (χ0v) is 29.3. The summed E-state index contributed by atoms with van der Waals surface area (Å²) in [6, 6.07) is 80.8. The summed E-state index contributed by atoms with van der Waals surface area (Å²) in [4.78, 5) is 2.39. The van der Waals surface area contributed by atoms with Gasteiger partial charge in [0.05, 0.1) is 5.69 Å². The minimum absolute atomic E-state index is 1.09. The first-order chi connectivity index (χ1) is 26.3. The van der Waals surface area contributed by atoms with Crippen molar-refractivity contribution in [1.82, 2.24) is 0 Å². The maximum absolute atomic E-state index is 2.39. The van der Waals surface area contributed by atoms with Gasteiger partial charge in [0.1, 0.15) is 0 Å². The van der Waals surface area contributed by atoms with Crippen LogP contribution >= 0.6 is 0 Å². The van der Waals surface area contributed by atoms with Crippen LogP contribution in [-0.2, 0) is 0 Å². The highest BCUT2D eigenvalue weighted by atomic mass is 15.1. The van der Waals surface area contributed by atoms with Gasteiger partial charge in [-0.1, -0.05) is 188 Å². The second kappa shape index (κ2) is 14.3. The molecular weight excluding hydrogens is 639 g/mol. The van der Waals surface area contributed by atoms with Crippen molar-refractivity contribution in [2.24, 2.45) is 0 Å². The van der Waals surface area contributed by atoms with Crippen molar-refractivity contribution in [3.8, 4) is 55.6 Å². The third-order valence-electron chi connectivity index (χ3n) is 10.1. The number of benzene rings is 9. The first-order valence-electron chi connectivity index (χ1n) is 18.2. The third-order valence-corrected chi connectivity index (χ3v) is 10.1. The Hall–Kier alpha value is -6.96. The Balaban J connectivity index is 1.16. The Morgan fingerprint density at radius 3 is 1.34 bits per heavy atom. The Kier molecular flexibility index (Phi) is 8.66. The van der Waals surface area contributed by atoms with Gasteiger partial charge in [0.15, 0.2) is 0 Å². The summed E-state index contributed by atoms with van der Waals surface area (Å²) >= 11 is 0. The summed E-state index contributed by atoms with van der Waals surface area (Å²) in [7, 11) is 0. The molecule has 9 rings (SSSR count). The van der Waals surface area contributed by atoms with Crippen molar-refractivity contribution < 1.29 is 0 Å². The summed E-state index contributed by atoms with van der Waals surface area (Å²) in [6.07, 6.45) is 0. The first kappa shape index (κ1) is 32.0. The molecule has 1 nitrogen and oxygen atoms in total. The fraction of sp³-hybridized carbons (Fsp3) is 0. The summed E-state index contributed by atoms with van der Waals surface area (Å²) in [5.41, 5.74) is 15.3. The molecule has 0 unspecified atom stereocenters. The molecule has 0 atom stereocenters. The topological polar surface area (TPSA) is 3.24 Å². The lowest BCUT2D eigenvalue weighted by Gasteiger charge is -2.28. The summed E-state index contributed by atoms with van der Waals surface area (Å²) in [5.74, 6) is 0. The van der Waals surface area contributed by atoms with Crippen LogP contribution in [0.3, 0.4) is 0 Å². The van der Waals surface area contributed by atoms with E-state index in [1.54, 1.807) is 0 Å². The monoisotopic (exact) mass is 675 g/mol. The molecule has 0 bridgehead atoms. The minimum Gasteiger partial charge on any atom is -0.310 e. The molecule has 0 aliphatic heterocycles. The average molecular weight is 676 g/mol. The van der Waals surface area contributed by atoms with E-state index in [4.69, 9.17) is 0 Å². The zero-order valence-electron chi connectivity index (χ0n) is 29.3. The van der Waals surface area contributed by atoms with E-state index in [0.29, 0.717) is 0 Å². The molecule has 0 aliphatic carbocycles. The maximum Gasteiger partial charge on any atom is 0.0540 e. The molecule has 0 aromatic heterocycles. The van der Waals surface area contributed by atoms with Crippen LogP contribution in [0.25, 0.3) is 66.4 Å². The van der Waals surface area contributed by atoms with E-state index in [-0.39, 0.29) is 0 Å². The molecule has 0 aliphatic rings. The molecule has 0 radical (unpaired) electrons. The Morgan fingerprint density at radius 2 is 0.660 bits per heavy atom. The molecular formula is C52H37N. The first-order valence-corrected chi connectivity index (χ1v) is 18.2. The highest BCUT2D eigenvalue weighted by Crippen LogP contribution is 2.43. The SMILES string of the molecule is c1ccc(-c2ccc(N(c3ccc(-c4ccccc4-c4ccccc4)cc3)c3ccccc3-c3cccc(-c4cccc5ccccc45)c3)cc2)cc1. The lowest BCUT2D eigenvalue weighted by molar-refractivity contribution is 1.28. The number of fused-ring (bicyclic) bond motifs is 1. The Labute approximate surface area is 311 Å². The van der Waals surface area contributed by atoms with E-state index in [2.05, 4.69) is 229 Å². The fourth-order valence-electron chi connectivity index (χ4n) is 7.50. The van der Waals surface area contributed by atoms with E-state index < -0.39 is 0 Å². The lowest BCUT2D eigenvalue weighted by atomic mass is 9.94. The van der Waals surface area contributed by atoms with E-state index in [1.165, 1.54) is 66.4 Å². The molecule has 0 spiro atoms. The fourth-order valence-corrected chi connectivity index (χ4v) is 7.50. The van der Waals surface area contributed by atoms with Gasteiger partial charge in [-0.3, -0.25) is 0 Å². The molecule has 250 valence electrons. The maximum atomic E-state index is 2.39. The van der Waals surface area contributed by atoms with Crippen LogP contribution in [0.1, 0.15) is 0 Å². The summed E-state index contributed by atoms with van der Waals surface area (Å²) in [5, 5.41) is 2.50. The highest BCUT2D eigenvalue weighted by Gasteiger charge is 2.18. The summed E-state index contributed by atoms with van der Waals surface area (Å²) < 4.78 is 0. The largest absolute Gasteiger partial charge is 0.310 e. The van der Waals surface area contributed by atoms with Crippen LogP contribution in [0.15, 0.2) is 224 Å². The van der Waals surface area contributed by atoms with Crippen molar-refractivity contribution in [2.75, 3.05) is 4.90 Å². The zero-order chi connectivity index (χ0) is 35.4. The van der Waals surface area contributed by atoms with Gasteiger partial charge in [0.2, 0.25) is 0 Å². The number of anilines is 3. The number of nitrogens with zero attached hydrogens (tertiary/aromatic N) is 1. The van der Waals surface area contributed by atoms with Crippen molar-refractivity contribution in [2.45, 2.75) is 0 Å². The second-order valence-corrected chi connectivity index (χ2v) is 13.3. The minimum atomic E-state index is 1.09. The van der Waals surface area contributed by atoms with Crippen LogP contribution in [0, 0.1) is 0 Å². The van der Waals surface area contributed by atoms with Gasteiger partial charge in [-0.15, -0.1) is 0 Å². The molecule has 0 N–H and O–H groups in total. The molecule has 0 amide bonds. The predicted molar refractivity (Wildman–Crippen MR) is 226 cm³/mol. The number of hydrogen-bond donors (Lipinski definition) is 0. The van der Waals surface area contributed by atoms with Gasteiger partial charge in [-0.25, -0.2) is 0 Å². The molecule has 0 fully saturated rings. The van der Waals surface area contributed by atoms with Gasteiger partial charge < -0.3 is 4.90 Å². The smallest absolute Gasteiger partial charge is 0.0540 e. The Bertz CT molecular complexity index is 2640. The third kappa shape index (κ3) is 6.42. The van der Waals surface area contributed by atoms with Gasteiger partial charge >= 0.3 is 0 Å². The summed E-state index contributed by atoms with van der Waals surface area (Å²) in [6.45, 7) is 0. The van der Waals surface area contributed by atoms with E-state index in [1.807, 2.05) is 0 Å². The van der Waals surface area contributed by atoms with Gasteiger partial charge in [-0.2, -0.15) is 0 Å². The number of rotatable bonds is 8. The molecule has 9 aromatic rings. The van der Waals surface area contributed by atoms with Crippen LogP contribution in [-0.4, -0.2) is 0 Å². The van der Waals surface area contributed by atoms with Gasteiger partial charge in [0, 0.05) is 16.9 Å². The molecule has 9 aromatic carbocycles. The normalized spacial score (nSPS) is 11.0. The van der Waals surface area contributed by atoms with E-state index >= 15 is 0 Å². The molecule has 53 heavy (non-hydrogen) atoms. The molecule has 0 heterocycles. The standard InChI is InChI=1S/C52H37N/c1-3-15-38(16-4-1)39-29-33-45(34-30-39)53(46-35-31-42(32-36-46)49-25-10-9-24-47(49)40-17-5-2-6-18-40)52-28-12-11-26-51(52)44-22-13-21-43(37-44)50-27-14-20-41-19-7-8-23-48(41)50/h1-37H. The predicted octanol–water partition coefficient (Wildman–Crippen LogP) is 14.6.